The summed E-state index contributed by atoms with van der Waals surface area (Å²) < 4.78 is 0. The van der Waals surface area contributed by atoms with Gasteiger partial charge in [0.25, 0.3) is 0 Å². The first-order valence-electron chi connectivity index (χ1n) is 7.52. The summed E-state index contributed by atoms with van der Waals surface area (Å²) in [7, 11) is 0. The quantitative estimate of drug-likeness (QED) is 0.383. The minimum atomic E-state index is -0.405. The molecule has 3 aromatic rings. The van der Waals surface area contributed by atoms with Gasteiger partial charge in [0, 0.05) is 21.4 Å². The SMILES string of the molecule is NC(=Nc1ccc(NC(=O)Nc2cc(Cl)cc(Cl)c2)cc1)c1cccs1. The van der Waals surface area contributed by atoms with E-state index in [4.69, 9.17) is 28.9 Å². The van der Waals surface area contributed by atoms with E-state index >= 15 is 0 Å². The van der Waals surface area contributed by atoms with Gasteiger partial charge in [-0.2, -0.15) is 0 Å². The fourth-order valence-corrected chi connectivity index (χ4v) is 3.31. The van der Waals surface area contributed by atoms with Crippen molar-refractivity contribution in [3.8, 4) is 0 Å². The van der Waals surface area contributed by atoms with E-state index in [9.17, 15) is 4.79 Å². The van der Waals surface area contributed by atoms with E-state index in [1.807, 2.05) is 17.5 Å². The number of hydrogen-bond donors (Lipinski definition) is 3. The average molecular weight is 405 g/mol. The van der Waals surface area contributed by atoms with E-state index in [0.29, 0.717) is 32.9 Å². The second kappa shape index (κ2) is 8.23. The number of nitrogens with two attached hydrogens (primary N) is 1. The maximum absolute atomic E-state index is 12.1. The number of amidine groups is 1. The van der Waals surface area contributed by atoms with Gasteiger partial charge in [0.05, 0.1) is 10.6 Å². The van der Waals surface area contributed by atoms with Gasteiger partial charge in [-0.25, -0.2) is 9.79 Å². The molecule has 3 rings (SSSR count). The van der Waals surface area contributed by atoms with Crippen LogP contribution in [-0.4, -0.2) is 11.9 Å². The summed E-state index contributed by atoms with van der Waals surface area (Å²) >= 11 is 13.3. The number of nitrogens with zero attached hydrogens (tertiary/aromatic N) is 1. The summed E-state index contributed by atoms with van der Waals surface area (Å²) in [6.45, 7) is 0. The predicted octanol–water partition coefficient (Wildman–Crippen LogP) is 5.74. The molecular weight excluding hydrogens is 391 g/mol. The Morgan fingerprint density at radius 1 is 0.962 bits per heavy atom. The number of rotatable bonds is 4. The first kappa shape index (κ1) is 18.3. The lowest BCUT2D eigenvalue weighted by Crippen LogP contribution is -2.19. The van der Waals surface area contributed by atoms with Gasteiger partial charge in [-0.05, 0) is 53.9 Å². The van der Waals surface area contributed by atoms with Crippen LogP contribution in [0.1, 0.15) is 4.88 Å². The number of amides is 2. The Labute approximate surface area is 164 Å². The van der Waals surface area contributed by atoms with Crippen molar-refractivity contribution >= 4 is 63.5 Å². The Balaban J connectivity index is 1.63. The summed E-state index contributed by atoms with van der Waals surface area (Å²) in [4.78, 5) is 17.3. The van der Waals surface area contributed by atoms with Crippen molar-refractivity contribution in [2.45, 2.75) is 0 Å². The van der Waals surface area contributed by atoms with Crippen LogP contribution in [0.5, 0.6) is 0 Å². The van der Waals surface area contributed by atoms with Gasteiger partial charge >= 0.3 is 6.03 Å². The minimum Gasteiger partial charge on any atom is -0.383 e. The van der Waals surface area contributed by atoms with E-state index in [1.165, 1.54) is 11.3 Å². The smallest absolute Gasteiger partial charge is 0.323 e. The number of carbonyl (C=O) groups excluding carboxylic acids is 1. The Bertz CT molecular complexity index is 920. The number of aliphatic imine (C=N–C) groups is 1. The molecule has 0 aliphatic heterocycles. The van der Waals surface area contributed by atoms with Crippen molar-refractivity contribution in [3.63, 3.8) is 0 Å². The molecule has 0 unspecified atom stereocenters. The molecule has 0 saturated carbocycles. The van der Waals surface area contributed by atoms with Crippen LogP contribution < -0.4 is 16.4 Å². The first-order chi connectivity index (χ1) is 12.5. The summed E-state index contributed by atoms with van der Waals surface area (Å²) in [6, 6.07) is 15.3. The molecule has 0 bridgehead atoms. The fraction of sp³-hybridized carbons (Fsp3) is 0. The largest absolute Gasteiger partial charge is 0.383 e. The average Bonchev–Trinajstić information content (AvgIpc) is 3.10. The van der Waals surface area contributed by atoms with Gasteiger partial charge in [0.1, 0.15) is 5.84 Å². The predicted molar refractivity (Wildman–Crippen MR) is 110 cm³/mol. The molecule has 1 aromatic heterocycles. The number of anilines is 2. The summed E-state index contributed by atoms with van der Waals surface area (Å²) in [5.74, 6) is 0.455. The van der Waals surface area contributed by atoms with Crippen LogP contribution in [0.3, 0.4) is 0 Å². The highest BCUT2D eigenvalue weighted by Gasteiger charge is 2.05. The molecule has 2 amide bonds. The molecule has 0 atom stereocenters. The number of hydrogen-bond acceptors (Lipinski definition) is 3. The molecule has 0 saturated heterocycles. The molecule has 0 aliphatic rings. The first-order valence-corrected chi connectivity index (χ1v) is 9.15. The second-order valence-electron chi connectivity index (χ2n) is 5.26. The van der Waals surface area contributed by atoms with Crippen molar-refractivity contribution < 1.29 is 4.79 Å². The lowest BCUT2D eigenvalue weighted by atomic mass is 10.3. The number of halogens is 2. The molecule has 0 spiro atoms. The third kappa shape index (κ3) is 4.98. The Morgan fingerprint density at radius 3 is 2.23 bits per heavy atom. The Hall–Kier alpha value is -2.54. The van der Waals surface area contributed by atoms with Crippen molar-refractivity contribution in [3.05, 3.63) is 74.9 Å². The maximum atomic E-state index is 12.1. The van der Waals surface area contributed by atoms with Crippen molar-refractivity contribution in [1.29, 1.82) is 0 Å². The highest BCUT2D eigenvalue weighted by molar-refractivity contribution is 7.12. The van der Waals surface area contributed by atoms with Gasteiger partial charge in [-0.3, -0.25) is 0 Å². The normalized spacial score (nSPS) is 11.2. The third-order valence-corrected chi connectivity index (χ3v) is 4.60. The zero-order chi connectivity index (χ0) is 18.5. The molecule has 0 radical (unpaired) electrons. The molecule has 132 valence electrons. The van der Waals surface area contributed by atoms with E-state index in [0.717, 1.165) is 4.88 Å². The van der Waals surface area contributed by atoms with Crippen LogP contribution in [0.4, 0.5) is 21.9 Å². The summed E-state index contributed by atoms with van der Waals surface area (Å²) in [5, 5.41) is 8.22. The second-order valence-corrected chi connectivity index (χ2v) is 7.08. The van der Waals surface area contributed by atoms with Crippen LogP contribution in [0, 0.1) is 0 Å². The van der Waals surface area contributed by atoms with E-state index in [-0.39, 0.29) is 0 Å². The van der Waals surface area contributed by atoms with E-state index < -0.39 is 6.03 Å². The maximum Gasteiger partial charge on any atom is 0.323 e. The minimum absolute atomic E-state index is 0.405. The molecule has 26 heavy (non-hydrogen) atoms. The van der Waals surface area contributed by atoms with Crippen LogP contribution in [-0.2, 0) is 0 Å². The third-order valence-electron chi connectivity index (χ3n) is 3.27. The van der Waals surface area contributed by atoms with Gasteiger partial charge in [-0.15, -0.1) is 11.3 Å². The number of carbonyl (C=O) groups is 1. The number of thiophene rings is 1. The topological polar surface area (TPSA) is 79.5 Å². The van der Waals surface area contributed by atoms with E-state index in [1.54, 1.807) is 42.5 Å². The number of urea groups is 1. The summed E-state index contributed by atoms with van der Waals surface area (Å²) in [5.41, 5.74) is 7.78. The van der Waals surface area contributed by atoms with Crippen LogP contribution in [0.2, 0.25) is 10.0 Å². The number of benzene rings is 2. The molecule has 4 N–H and O–H groups in total. The van der Waals surface area contributed by atoms with Crippen molar-refractivity contribution in [2.75, 3.05) is 10.6 Å². The Morgan fingerprint density at radius 2 is 1.62 bits per heavy atom. The zero-order valence-electron chi connectivity index (χ0n) is 13.4. The molecular formula is C18H14Cl2N4OS. The standard InChI is InChI=1S/C18H14Cl2N4OS/c19-11-8-12(20)10-15(9-11)24-18(25)23-14-5-3-13(4-6-14)22-17(21)16-2-1-7-26-16/h1-10H,(H2,21,22)(H2,23,24,25). The van der Waals surface area contributed by atoms with Crippen LogP contribution >= 0.6 is 34.5 Å². The monoisotopic (exact) mass is 404 g/mol. The highest BCUT2D eigenvalue weighted by Crippen LogP contribution is 2.23. The fourth-order valence-electron chi connectivity index (χ4n) is 2.16. The molecule has 0 aliphatic carbocycles. The molecule has 8 heteroatoms. The van der Waals surface area contributed by atoms with Gasteiger partial charge < -0.3 is 16.4 Å². The van der Waals surface area contributed by atoms with Gasteiger partial charge in [-0.1, -0.05) is 29.3 Å². The number of nitrogens with one attached hydrogen (secondary N) is 2. The molecule has 0 fully saturated rings. The van der Waals surface area contributed by atoms with Crippen LogP contribution in [0.25, 0.3) is 0 Å². The van der Waals surface area contributed by atoms with Gasteiger partial charge in [0.2, 0.25) is 0 Å². The lowest BCUT2D eigenvalue weighted by molar-refractivity contribution is 0.262. The Kier molecular flexibility index (Phi) is 5.78. The van der Waals surface area contributed by atoms with Crippen molar-refractivity contribution in [2.24, 2.45) is 10.7 Å². The van der Waals surface area contributed by atoms with Gasteiger partial charge in [0.15, 0.2) is 0 Å². The molecule has 5 nitrogen and oxygen atoms in total. The summed E-state index contributed by atoms with van der Waals surface area (Å²) in [6.07, 6.45) is 0. The highest BCUT2D eigenvalue weighted by atomic mass is 35.5. The van der Waals surface area contributed by atoms with Crippen LogP contribution in [0.15, 0.2) is 65.0 Å². The molecule has 1 heterocycles. The molecule has 2 aromatic carbocycles. The zero-order valence-corrected chi connectivity index (χ0v) is 15.7. The van der Waals surface area contributed by atoms with E-state index in [2.05, 4.69) is 15.6 Å². The lowest BCUT2D eigenvalue weighted by Gasteiger charge is -2.08. The van der Waals surface area contributed by atoms with Crippen molar-refractivity contribution in [1.82, 2.24) is 0 Å².